The molecule has 180 valence electrons. The number of aromatic amines is 1. The molecule has 5 atom stereocenters. The average molecular weight is 480 g/mol. The van der Waals surface area contributed by atoms with Crippen LogP contribution < -0.4 is 21.7 Å². The molecule has 0 aliphatic carbocycles. The number of nitrogens with two attached hydrogens (primary N) is 1. The van der Waals surface area contributed by atoms with Gasteiger partial charge in [-0.1, -0.05) is 18.2 Å². The fourth-order valence-corrected chi connectivity index (χ4v) is 3.40. The van der Waals surface area contributed by atoms with Crippen molar-refractivity contribution in [1.29, 1.82) is 0 Å². The SMILES string of the molecule is CC(N)C(=O)NC(Cc1c[nH]c2ccccc12)C(=O)NC(CS)C(=O)NC(C(=O)O)C(C)O. The minimum absolute atomic E-state index is 0.112. The van der Waals surface area contributed by atoms with E-state index in [1.807, 2.05) is 24.3 Å². The Morgan fingerprint density at radius 1 is 1.03 bits per heavy atom. The smallest absolute Gasteiger partial charge is 0.328 e. The van der Waals surface area contributed by atoms with E-state index in [-0.39, 0.29) is 12.2 Å². The molecule has 0 fully saturated rings. The van der Waals surface area contributed by atoms with Gasteiger partial charge in [-0.2, -0.15) is 12.6 Å². The summed E-state index contributed by atoms with van der Waals surface area (Å²) in [6.07, 6.45) is 0.481. The lowest BCUT2D eigenvalue weighted by molar-refractivity contribution is -0.145. The number of carboxylic acids is 1. The Morgan fingerprint density at radius 3 is 2.21 bits per heavy atom. The molecule has 12 heteroatoms. The van der Waals surface area contributed by atoms with Crippen LogP contribution >= 0.6 is 12.6 Å². The molecule has 33 heavy (non-hydrogen) atoms. The fourth-order valence-electron chi connectivity index (χ4n) is 3.14. The number of aromatic nitrogens is 1. The standard InChI is InChI=1S/C21H29N5O6S/c1-10(22)18(28)24-15(7-12-8-23-14-6-4-3-5-13(12)14)19(29)25-16(9-33)20(30)26-17(11(2)27)21(31)32/h3-6,8,10-11,15-17,23,27,33H,7,9,22H2,1-2H3,(H,24,28)(H,25,29)(H,26,30)(H,31,32). The predicted octanol–water partition coefficient (Wildman–Crippen LogP) is -1.09. The number of para-hydroxylation sites is 1. The second-order valence-corrected chi connectivity index (χ2v) is 8.09. The Labute approximate surface area is 195 Å². The van der Waals surface area contributed by atoms with Gasteiger partial charge in [-0.25, -0.2) is 4.79 Å². The largest absolute Gasteiger partial charge is 0.480 e. The molecule has 0 bridgehead atoms. The third kappa shape index (κ3) is 6.94. The lowest BCUT2D eigenvalue weighted by Gasteiger charge is -2.24. The van der Waals surface area contributed by atoms with Crippen LogP contribution in [0.25, 0.3) is 10.9 Å². The highest BCUT2D eigenvalue weighted by atomic mass is 32.1. The number of thiol groups is 1. The zero-order valence-corrected chi connectivity index (χ0v) is 19.1. The minimum atomic E-state index is -1.56. The van der Waals surface area contributed by atoms with Crippen LogP contribution in [0.2, 0.25) is 0 Å². The molecule has 8 N–H and O–H groups in total. The number of aliphatic carboxylic acids is 1. The number of fused-ring (bicyclic) bond motifs is 1. The zero-order chi connectivity index (χ0) is 24.7. The van der Waals surface area contributed by atoms with Crippen LogP contribution in [-0.4, -0.2) is 74.9 Å². The molecule has 0 spiro atoms. The summed E-state index contributed by atoms with van der Waals surface area (Å²) in [6, 6.07) is 2.75. The Kier molecular flexibility index (Phi) is 9.26. The maximum Gasteiger partial charge on any atom is 0.328 e. The Morgan fingerprint density at radius 2 is 1.64 bits per heavy atom. The van der Waals surface area contributed by atoms with Crippen LogP contribution in [0.1, 0.15) is 19.4 Å². The minimum Gasteiger partial charge on any atom is -0.480 e. The Balaban J connectivity index is 2.21. The van der Waals surface area contributed by atoms with E-state index in [1.54, 1.807) is 6.20 Å². The van der Waals surface area contributed by atoms with Crippen molar-refractivity contribution in [2.24, 2.45) is 5.73 Å². The average Bonchev–Trinajstić information content (AvgIpc) is 3.17. The molecule has 0 radical (unpaired) electrons. The van der Waals surface area contributed by atoms with E-state index < -0.39 is 54.0 Å². The molecule has 0 saturated heterocycles. The number of carboxylic acid groups (broad SMARTS) is 1. The zero-order valence-electron chi connectivity index (χ0n) is 18.2. The van der Waals surface area contributed by atoms with E-state index in [4.69, 9.17) is 10.8 Å². The van der Waals surface area contributed by atoms with Crippen molar-refractivity contribution in [1.82, 2.24) is 20.9 Å². The van der Waals surface area contributed by atoms with Gasteiger partial charge in [0.25, 0.3) is 0 Å². The quantitative estimate of drug-likeness (QED) is 0.188. The Hall–Kier alpha value is -3.09. The number of H-pyrrole nitrogens is 1. The highest BCUT2D eigenvalue weighted by Gasteiger charge is 2.31. The first-order valence-electron chi connectivity index (χ1n) is 10.3. The molecule has 2 aromatic rings. The van der Waals surface area contributed by atoms with E-state index in [9.17, 15) is 24.3 Å². The third-order valence-corrected chi connectivity index (χ3v) is 5.37. The molecule has 3 amide bonds. The second-order valence-electron chi connectivity index (χ2n) is 7.72. The number of nitrogens with one attached hydrogen (secondary N) is 4. The van der Waals surface area contributed by atoms with E-state index >= 15 is 0 Å². The van der Waals surface area contributed by atoms with E-state index in [0.29, 0.717) is 0 Å². The molecule has 0 aliphatic rings. The summed E-state index contributed by atoms with van der Waals surface area (Å²) in [5, 5.41) is 26.8. The van der Waals surface area contributed by atoms with Gasteiger partial charge in [-0.15, -0.1) is 0 Å². The predicted molar refractivity (Wildman–Crippen MR) is 125 cm³/mol. The molecule has 2 rings (SSSR count). The lowest BCUT2D eigenvalue weighted by atomic mass is 10.0. The highest BCUT2D eigenvalue weighted by molar-refractivity contribution is 7.80. The van der Waals surface area contributed by atoms with Crippen LogP contribution in [0.15, 0.2) is 30.5 Å². The van der Waals surface area contributed by atoms with Crippen molar-refractivity contribution in [3.05, 3.63) is 36.0 Å². The third-order valence-electron chi connectivity index (χ3n) is 5.01. The van der Waals surface area contributed by atoms with Crippen molar-refractivity contribution in [3.63, 3.8) is 0 Å². The van der Waals surface area contributed by atoms with E-state index in [0.717, 1.165) is 16.5 Å². The van der Waals surface area contributed by atoms with Crippen LogP contribution in [0.4, 0.5) is 0 Å². The number of benzene rings is 1. The number of rotatable bonds is 11. The van der Waals surface area contributed by atoms with Crippen molar-refractivity contribution < 1.29 is 29.4 Å². The fraction of sp³-hybridized carbons (Fsp3) is 0.429. The first kappa shape index (κ1) is 26.2. The van der Waals surface area contributed by atoms with Crippen LogP contribution in [0, 0.1) is 0 Å². The van der Waals surface area contributed by atoms with Gasteiger partial charge in [0.05, 0.1) is 12.1 Å². The molecule has 0 aliphatic heterocycles. The van der Waals surface area contributed by atoms with E-state index in [1.165, 1.54) is 13.8 Å². The summed E-state index contributed by atoms with van der Waals surface area (Å²) in [5.74, 6) is -3.64. The van der Waals surface area contributed by atoms with Crippen LogP contribution in [0.5, 0.6) is 0 Å². The topological polar surface area (TPSA) is 187 Å². The maximum atomic E-state index is 13.0. The number of hydrogen-bond acceptors (Lipinski definition) is 7. The van der Waals surface area contributed by atoms with Gasteiger partial charge in [0.2, 0.25) is 17.7 Å². The molecule has 1 heterocycles. The van der Waals surface area contributed by atoms with Crippen LogP contribution in [0.3, 0.4) is 0 Å². The van der Waals surface area contributed by atoms with Gasteiger partial charge in [0.15, 0.2) is 6.04 Å². The van der Waals surface area contributed by atoms with E-state index in [2.05, 4.69) is 33.6 Å². The first-order valence-corrected chi connectivity index (χ1v) is 10.9. The normalized spacial score (nSPS) is 15.7. The van der Waals surface area contributed by atoms with Crippen molar-refractivity contribution in [2.45, 2.75) is 50.5 Å². The Bertz CT molecular complexity index is 1010. The second kappa shape index (κ2) is 11.7. The summed E-state index contributed by atoms with van der Waals surface area (Å²) < 4.78 is 0. The highest BCUT2D eigenvalue weighted by Crippen LogP contribution is 2.19. The van der Waals surface area contributed by atoms with Gasteiger partial charge in [-0.05, 0) is 25.5 Å². The monoisotopic (exact) mass is 479 g/mol. The lowest BCUT2D eigenvalue weighted by Crippen LogP contribution is -2.59. The number of carbonyl (C=O) groups is 4. The summed E-state index contributed by atoms with van der Waals surface area (Å²) >= 11 is 4.07. The molecule has 1 aromatic heterocycles. The van der Waals surface area contributed by atoms with Gasteiger partial charge < -0.3 is 36.9 Å². The van der Waals surface area contributed by atoms with Crippen molar-refractivity contribution in [3.8, 4) is 0 Å². The molecule has 5 unspecified atom stereocenters. The number of aliphatic hydroxyl groups is 1. The molecular weight excluding hydrogens is 450 g/mol. The number of hydrogen-bond donors (Lipinski definition) is 8. The van der Waals surface area contributed by atoms with Gasteiger partial charge >= 0.3 is 5.97 Å². The van der Waals surface area contributed by atoms with Crippen LogP contribution in [-0.2, 0) is 25.6 Å². The summed E-state index contributed by atoms with van der Waals surface area (Å²) in [5.41, 5.74) is 7.25. The van der Waals surface area contributed by atoms with Gasteiger partial charge in [-0.3, -0.25) is 14.4 Å². The van der Waals surface area contributed by atoms with Crippen molar-refractivity contribution in [2.75, 3.05) is 5.75 Å². The molecule has 0 saturated carbocycles. The summed E-state index contributed by atoms with van der Waals surface area (Å²) in [7, 11) is 0. The first-order chi connectivity index (χ1) is 15.5. The number of carbonyl (C=O) groups excluding carboxylic acids is 3. The number of amides is 3. The maximum absolute atomic E-state index is 13.0. The molecule has 11 nitrogen and oxygen atoms in total. The van der Waals surface area contributed by atoms with Crippen molar-refractivity contribution >= 4 is 47.2 Å². The number of aliphatic hydroxyl groups excluding tert-OH is 1. The van der Waals surface area contributed by atoms with Gasteiger partial charge in [0.1, 0.15) is 12.1 Å². The molecular formula is C21H29N5O6S. The van der Waals surface area contributed by atoms with Gasteiger partial charge in [0, 0.05) is 29.3 Å². The summed E-state index contributed by atoms with van der Waals surface area (Å²) in [6.45, 7) is 2.69. The summed E-state index contributed by atoms with van der Waals surface area (Å²) in [4.78, 5) is 52.1. The molecule has 1 aromatic carbocycles.